The standard InChI is InChI=1S/C19H28N4O2S/c1-19(10-11-19)17-22-18(26-23-17)21-16(25)13-6-8-14(9-7-13)20-15(24)12-4-2-3-5-12/h12-14H,2-11H2,1H3,(H,20,24)(H,21,22,23,25). The minimum Gasteiger partial charge on any atom is -0.353 e. The highest BCUT2D eigenvalue weighted by Gasteiger charge is 2.43. The Kier molecular flexibility index (Phi) is 4.99. The fourth-order valence-corrected chi connectivity index (χ4v) is 4.85. The van der Waals surface area contributed by atoms with Gasteiger partial charge in [-0.05, 0) is 51.4 Å². The van der Waals surface area contributed by atoms with Crippen molar-refractivity contribution < 1.29 is 9.59 Å². The first-order valence-electron chi connectivity index (χ1n) is 9.99. The third-order valence-electron chi connectivity index (χ3n) is 6.37. The second-order valence-electron chi connectivity index (χ2n) is 8.51. The van der Waals surface area contributed by atoms with Crippen LogP contribution in [-0.4, -0.2) is 27.2 Å². The summed E-state index contributed by atoms with van der Waals surface area (Å²) in [5.74, 6) is 1.38. The number of carbonyl (C=O) groups excluding carboxylic acids is 2. The second kappa shape index (κ2) is 7.25. The molecule has 3 saturated carbocycles. The molecule has 0 radical (unpaired) electrons. The first-order chi connectivity index (χ1) is 12.5. The Labute approximate surface area is 158 Å². The van der Waals surface area contributed by atoms with Gasteiger partial charge in [0.05, 0.1) is 0 Å². The minimum atomic E-state index is 0.0125. The molecule has 7 heteroatoms. The Bertz CT molecular complexity index is 671. The van der Waals surface area contributed by atoms with E-state index in [0.717, 1.165) is 57.2 Å². The van der Waals surface area contributed by atoms with Crippen LogP contribution in [0.1, 0.15) is 77.0 Å². The summed E-state index contributed by atoms with van der Waals surface area (Å²) >= 11 is 1.28. The number of nitrogens with zero attached hydrogens (tertiary/aromatic N) is 2. The lowest BCUT2D eigenvalue weighted by Gasteiger charge is -2.29. The van der Waals surface area contributed by atoms with E-state index < -0.39 is 0 Å². The van der Waals surface area contributed by atoms with Crippen LogP contribution in [0.5, 0.6) is 0 Å². The molecule has 2 amide bonds. The van der Waals surface area contributed by atoms with Crippen LogP contribution in [0.25, 0.3) is 0 Å². The number of anilines is 1. The zero-order valence-corrected chi connectivity index (χ0v) is 16.2. The molecule has 4 rings (SSSR count). The Morgan fingerprint density at radius 1 is 1.00 bits per heavy atom. The van der Waals surface area contributed by atoms with E-state index in [9.17, 15) is 9.59 Å². The summed E-state index contributed by atoms with van der Waals surface area (Å²) in [5, 5.41) is 6.78. The molecule has 1 aromatic rings. The van der Waals surface area contributed by atoms with Crippen LogP contribution in [0.3, 0.4) is 0 Å². The van der Waals surface area contributed by atoms with E-state index in [1.165, 1.54) is 24.4 Å². The van der Waals surface area contributed by atoms with Crippen LogP contribution in [-0.2, 0) is 15.0 Å². The van der Waals surface area contributed by atoms with Gasteiger partial charge in [0.15, 0.2) is 5.82 Å². The van der Waals surface area contributed by atoms with Crippen molar-refractivity contribution in [2.75, 3.05) is 5.32 Å². The number of aromatic nitrogens is 2. The van der Waals surface area contributed by atoms with Gasteiger partial charge in [0.25, 0.3) is 0 Å². The summed E-state index contributed by atoms with van der Waals surface area (Å²) in [7, 11) is 0. The smallest absolute Gasteiger partial charge is 0.229 e. The Morgan fingerprint density at radius 3 is 2.31 bits per heavy atom. The van der Waals surface area contributed by atoms with Gasteiger partial charge in [-0.2, -0.15) is 4.37 Å². The van der Waals surface area contributed by atoms with Crippen molar-refractivity contribution in [3.05, 3.63) is 5.82 Å². The second-order valence-corrected chi connectivity index (χ2v) is 9.26. The van der Waals surface area contributed by atoms with E-state index in [1.807, 2.05) is 0 Å². The van der Waals surface area contributed by atoms with Gasteiger partial charge < -0.3 is 10.6 Å². The summed E-state index contributed by atoms with van der Waals surface area (Å²) in [6.45, 7) is 2.17. The van der Waals surface area contributed by atoms with Crippen molar-refractivity contribution in [1.29, 1.82) is 0 Å². The molecule has 2 N–H and O–H groups in total. The van der Waals surface area contributed by atoms with E-state index in [1.54, 1.807) is 0 Å². The monoisotopic (exact) mass is 376 g/mol. The zero-order chi connectivity index (χ0) is 18.1. The van der Waals surface area contributed by atoms with Crippen molar-refractivity contribution in [2.24, 2.45) is 11.8 Å². The predicted molar refractivity (Wildman–Crippen MR) is 101 cm³/mol. The molecule has 0 atom stereocenters. The highest BCUT2D eigenvalue weighted by Crippen LogP contribution is 2.46. The van der Waals surface area contributed by atoms with Crippen LogP contribution in [0.2, 0.25) is 0 Å². The van der Waals surface area contributed by atoms with Gasteiger partial charge in [0.1, 0.15) is 0 Å². The summed E-state index contributed by atoms with van der Waals surface area (Å²) in [4.78, 5) is 29.3. The van der Waals surface area contributed by atoms with Gasteiger partial charge in [-0.25, -0.2) is 4.98 Å². The van der Waals surface area contributed by atoms with Gasteiger partial charge in [0.2, 0.25) is 16.9 Å². The van der Waals surface area contributed by atoms with Crippen LogP contribution >= 0.6 is 11.5 Å². The first-order valence-corrected chi connectivity index (χ1v) is 10.8. The average Bonchev–Trinajstić information content (AvgIpc) is 3.08. The lowest BCUT2D eigenvalue weighted by Crippen LogP contribution is -2.41. The zero-order valence-electron chi connectivity index (χ0n) is 15.4. The van der Waals surface area contributed by atoms with Crippen molar-refractivity contribution in [1.82, 2.24) is 14.7 Å². The average molecular weight is 377 g/mol. The highest BCUT2D eigenvalue weighted by atomic mass is 32.1. The number of nitrogens with one attached hydrogen (secondary N) is 2. The molecule has 0 aromatic carbocycles. The Morgan fingerprint density at radius 2 is 1.65 bits per heavy atom. The first kappa shape index (κ1) is 17.9. The third-order valence-corrected chi connectivity index (χ3v) is 7.00. The van der Waals surface area contributed by atoms with Gasteiger partial charge in [-0.15, -0.1) is 0 Å². The van der Waals surface area contributed by atoms with E-state index in [4.69, 9.17) is 0 Å². The predicted octanol–water partition coefficient (Wildman–Crippen LogP) is 3.39. The van der Waals surface area contributed by atoms with Crippen molar-refractivity contribution >= 4 is 28.5 Å². The minimum absolute atomic E-state index is 0.0125. The van der Waals surface area contributed by atoms with Gasteiger partial charge in [0, 0.05) is 34.8 Å². The van der Waals surface area contributed by atoms with E-state index in [-0.39, 0.29) is 35.1 Å². The molecule has 1 heterocycles. The molecule has 0 unspecified atom stereocenters. The van der Waals surface area contributed by atoms with Crippen molar-refractivity contribution in [3.63, 3.8) is 0 Å². The molecule has 0 aliphatic heterocycles. The molecule has 142 valence electrons. The molecule has 0 saturated heterocycles. The summed E-state index contributed by atoms with van der Waals surface area (Å²) in [6, 6.07) is 0.232. The van der Waals surface area contributed by atoms with Crippen LogP contribution < -0.4 is 10.6 Å². The molecule has 6 nitrogen and oxygen atoms in total. The molecule has 3 fully saturated rings. The van der Waals surface area contributed by atoms with E-state index in [0.29, 0.717) is 5.13 Å². The van der Waals surface area contributed by atoms with Crippen LogP contribution in [0.4, 0.5) is 5.13 Å². The number of carbonyl (C=O) groups is 2. The molecule has 1 aromatic heterocycles. The van der Waals surface area contributed by atoms with Crippen molar-refractivity contribution in [2.45, 2.75) is 82.6 Å². The maximum Gasteiger partial charge on any atom is 0.229 e. The molecule has 0 spiro atoms. The lowest BCUT2D eigenvalue weighted by atomic mass is 9.85. The number of hydrogen-bond donors (Lipinski definition) is 2. The van der Waals surface area contributed by atoms with Crippen LogP contribution in [0, 0.1) is 11.8 Å². The lowest BCUT2D eigenvalue weighted by molar-refractivity contribution is -0.125. The number of amides is 2. The fourth-order valence-electron chi connectivity index (χ4n) is 4.14. The molecule has 26 heavy (non-hydrogen) atoms. The molecule has 3 aliphatic carbocycles. The quantitative estimate of drug-likeness (QED) is 0.825. The normalized spacial score (nSPS) is 27.9. The van der Waals surface area contributed by atoms with Gasteiger partial charge >= 0.3 is 0 Å². The largest absolute Gasteiger partial charge is 0.353 e. The highest BCUT2D eigenvalue weighted by molar-refractivity contribution is 7.09. The molecule has 0 bridgehead atoms. The maximum absolute atomic E-state index is 12.5. The molecular weight excluding hydrogens is 348 g/mol. The maximum atomic E-state index is 12.5. The third kappa shape index (κ3) is 3.92. The van der Waals surface area contributed by atoms with Gasteiger partial charge in [-0.3, -0.25) is 9.59 Å². The summed E-state index contributed by atoms with van der Waals surface area (Å²) in [6.07, 6.45) is 10.1. The summed E-state index contributed by atoms with van der Waals surface area (Å²) < 4.78 is 4.40. The number of hydrogen-bond acceptors (Lipinski definition) is 5. The number of rotatable bonds is 5. The Balaban J connectivity index is 1.23. The van der Waals surface area contributed by atoms with E-state index >= 15 is 0 Å². The SMILES string of the molecule is CC1(c2nsc(NC(=O)C3CCC(NC(=O)C4CCCC4)CC3)n2)CC1. The summed E-state index contributed by atoms with van der Waals surface area (Å²) in [5.41, 5.74) is 0.134. The van der Waals surface area contributed by atoms with Crippen LogP contribution in [0.15, 0.2) is 0 Å². The fraction of sp³-hybridized carbons (Fsp3) is 0.789. The Hall–Kier alpha value is -1.50. The van der Waals surface area contributed by atoms with Crippen molar-refractivity contribution in [3.8, 4) is 0 Å². The molecular formula is C19H28N4O2S. The van der Waals surface area contributed by atoms with E-state index in [2.05, 4.69) is 26.9 Å². The molecule has 3 aliphatic rings. The van der Waals surface area contributed by atoms with Gasteiger partial charge in [-0.1, -0.05) is 19.8 Å². The topological polar surface area (TPSA) is 84.0 Å².